The summed E-state index contributed by atoms with van der Waals surface area (Å²) >= 11 is 0. The lowest BCUT2D eigenvalue weighted by atomic mass is 10.1. The van der Waals surface area contributed by atoms with Gasteiger partial charge in [0, 0.05) is 18.3 Å². The predicted molar refractivity (Wildman–Crippen MR) is 92.2 cm³/mol. The first-order valence-electron chi connectivity index (χ1n) is 8.56. The molecule has 6 nitrogen and oxygen atoms in total. The number of carboxylic acids is 1. The standard InChI is InChI=1S/C19H17F3N2O4/c20-19(21,22)13-5-1-4-12(10-13)17(25)24-9-3-6-14(24)11-28-15-7-2-8-23-16(15)18(26)27/h1-2,4-5,7-8,10,14H,3,6,9,11H2,(H,26,27). The summed E-state index contributed by atoms with van der Waals surface area (Å²) < 4.78 is 44.3. The van der Waals surface area contributed by atoms with Gasteiger partial charge in [-0.15, -0.1) is 0 Å². The average Bonchev–Trinajstić information content (AvgIpc) is 3.14. The molecular weight excluding hydrogens is 377 g/mol. The zero-order valence-electron chi connectivity index (χ0n) is 14.6. The van der Waals surface area contributed by atoms with Crippen molar-refractivity contribution in [2.75, 3.05) is 13.2 Å². The summed E-state index contributed by atoms with van der Waals surface area (Å²) in [5.74, 6) is -1.67. The van der Waals surface area contributed by atoms with Gasteiger partial charge in [0.1, 0.15) is 6.61 Å². The van der Waals surface area contributed by atoms with Crippen molar-refractivity contribution in [2.24, 2.45) is 0 Å². The monoisotopic (exact) mass is 394 g/mol. The fourth-order valence-corrected chi connectivity index (χ4v) is 3.12. The van der Waals surface area contributed by atoms with E-state index in [1.807, 2.05) is 0 Å². The lowest BCUT2D eigenvalue weighted by molar-refractivity contribution is -0.137. The number of likely N-dealkylation sites (tertiary alicyclic amines) is 1. The Labute approximate surface area is 158 Å². The molecule has 1 aromatic heterocycles. The van der Waals surface area contributed by atoms with Crippen molar-refractivity contribution in [3.63, 3.8) is 0 Å². The molecule has 1 aromatic carbocycles. The molecule has 0 spiro atoms. The second-order valence-electron chi connectivity index (χ2n) is 6.34. The van der Waals surface area contributed by atoms with Crippen LogP contribution in [0.15, 0.2) is 42.6 Å². The van der Waals surface area contributed by atoms with E-state index in [9.17, 15) is 22.8 Å². The summed E-state index contributed by atoms with van der Waals surface area (Å²) in [6, 6.07) is 6.92. The van der Waals surface area contributed by atoms with Crippen LogP contribution >= 0.6 is 0 Å². The number of nitrogens with zero attached hydrogens (tertiary/aromatic N) is 2. The number of aromatic carboxylic acids is 1. The fraction of sp³-hybridized carbons (Fsp3) is 0.316. The third-order valence-electron chi connectivity index (χ3n) is 4.48. The molecule has 1 atom stereocenters. The highest BCUT2D eigenvalue weighted by molar-refractivity contribution is 5.94. The second kappa shape index (κ2) is 7.87. The van der Waals surface area contributed by atoms with Crippen LogP contribution in [0.2, 0.25) is 0 Å². The molecule has 1 unspecified atom stereocenters. The zero-order chi connectivity index (χ0) is 20.3. The summed E-state index contributed by atoms with van der Waals surface area (Å²) in [5.41, 5.74) is -1.17. The number of amides is 1. The minimum Gasteiger partial charge on any atom is -0.489 e. The second-order valence-corrected chi connectivity index (χ2v) is 6.34. The molecule has 1 aliphatic rings. The molecule has 1 aliphatic heterocycles. The SMILES string of the molecule is O=C(O)c1ncccc1OCC1CCCN1C(=O)c1cccc(C(F)(F)F)c1. The van der Waals surface area contributed by atoms with Gasteiger partial charge in [0.25, 0.3) is 5.91 Å². The number of carbonyl (C=O) groups excluding carboxylic acids is 1. The first-order chi connectivity index (χ1) is 13.3. The van der Waals surface area contributed by atoms with Crippen molar-refractivity contribution in [3.05, 3.63) is 59.4 Å². The number of aromatic nitrogens is 1. The van der Waals surface area contributed by atoms with Crippen LogP contribution in [0.4, 0.5) is 13.2 Å². The number of rotatable bonds is 5. The van der Waals surface area contributed by atoms with Crippen molar-refractivity contribution in [1.29, 1.82) is 0 Å². The highest BCUT2D eigenvalue weighted by atomic mass is 19.4. The van der Waals surface area contributed by atoms with Gasteiger partial charge in [-0.1, -0.05) is 6.07 Å². The van der Waals surface area contributed by atoms with Crippen molar-refractivity contribution in [1.82, 2.24) is 9.88 Å². The van der Waals surface area contributed by atoms with Gasteiger partial charge in [-0.05, 0) is 43.2 Å². The Morgan fingerprint density at radius 2 is 2.04 bits per heavy atom. The normalized spacial score (nSPS) is 16.8. The number of carbonyl (C=O) groups is 2. The zero-order valence-corrected chi connectivity index (χ0v) is 14.6. The number of halogens is 3. The Morgan fingerprint density at radius 3 is 2.75 bits per heavy atom. The summed E-state index contributed by atoms with van der Waals surface area (Å²) in [6.07, 6.45) is -1.92. The van der Waals surface area contributed by atoms with Crippen LogP contribution in [0.5, 0.6) is 5.75 Å². The number of benzene rings is 1. The van der Waals surface area contributed by atoms with Crippen LogP contribution in [0.1, 0.15) is 39.3 Å². The number of pyridine rings is 1. The minimum atomic E-state index is -4.53. The molecule has 1 saturated heterocycles. The first kappa shape index (κ1) is 19.7. The Balaban J connectivity index is 1.73. The fourth-order valence-electron chi connectivity index (χ4n) is 3.12. The highest BCUT2D eigenvalue weighted by Gasteiger charge is 2.34. The van der Waals surface area contributed by atoms with Crippen LogP contribution in [0.3, 0.4) is 0 Å². The molecule has 0 saturated carbocycles. The van der Waals surface area contributed by atoms with E-state index in [2.05, 4.69) is 4.98 Å². The van der Waals surface area contributed by atoms with E-state index in [1.165, 1.54) is 35.4 Å². The smallest absolute Gasteiger partial charge is 0.416 e. The predicted octanol–water partition coefficient (Wildman–Crippen LogP) is 3.48. The maximum absolute atomic E-state index is 12.9. The Hall–Kier alpha value is -3.10. The molecule has 1 amide bonds. The van der Waals surface area contributed by atoms with Gasteiger partial charge < -0.3 is 14.7 Å². The van der Waals surface area contributed by atoms with E-state index in [1.54, 1.807) is 0 Å². The summed E-state index contributed by atoms with van der Waals surface area (Å²) in [5, 5.41) is 9.14. The molecule has 0 bridgehead atoms. The molecule has 1 N–H and O–H groups in total. The van der Waals surface area contributed by atoms with Gasteiger partial charge in [0.15, 0.2) is 11.4 Å². The van der Waals surface area contributed by atoms with Crippen molar-refractivity contribution >= 4 is 11.9 Å². The number of ether oxygens (including phenoxy) is 1. The Morgan fingerprint density at radius 1 is 1.25 bits per heavy atom. The number of alkyl halides is 3. The summed E-state index contributed by atoms with van der Waals surface area (Å²) in [7, 11) is 0. The lowest BCUT2D eigenvalue weighted by Crippen LogP contribution is -2.39. The largest absolute Gasteiger partial charge is 0.489 e. The van der Waals surface area contributed by atoms with Gasteiger partial charge in [0.2, 0.25) is 0 Å². The van der Waals surface area contributed by atoms with Gasteiger partial charge in [-0.3, -0.25) is 4.79 Å². The van der Waals surface area contributed by atoms with Crippen molar-refractivity contribution in [3.8, 4) is 5.75 Å². The third-order valence-corrected chi connectivity index (χ3v) is 4.48. The van der Waals surface area contributed by atoms with Crippen LogP contribution in [0, 0.1) is 0 Å². The Kier molecular flexibility index (Phi) is 5.53. The minimum absolute atomic E-state index is 0.0245. The highest BCUT2D eigenvalue weighted by Crippen LogP contribution is 2.30. The molecule has 1 fully saturated rings. The molecule has 2 aromatic rings. The number of carboxylic acid groups (broad SMARTS) is 1. The van der Waals surface area contributed by atoms with E-state index in [-0.39, 0.29) is 29.7 Å². The maximum Gasteiger partial charge on any atom is 0.416 e. The molecule has 28 heavy (non-hydrogen) atoms. The number of hydrogen-bond donors (Lipinski definition) is 1. The van der Waals surface area contributed by atoms with E-state index < -0.39 is 23.6 Å². The van der Waals surface area contributed by atoms with E-state index in [0.29, 0.717) is 19.4 Å². The molecular formula is C19H17F3N2O4. The average molecular weight is 394 g/mol. The molecule has 9 heteroatoms. The third kappa shape index (κ3) is 4.24. The van der Waals surface area contributed by atoms with E-state index in [4.69, 9.17) is 9.84 Å². The van der Waals surface area contributed by atoms with Crippen LogP contribution in [0.25, 0.3) is 0 Å². The molecule has 0 aliphatic carbocycles. The number of hydrogen-bond acceptors (Lipinski definition) is 4. The molecule has 148 valence electrons. The van der Waals surface area contributed by atoms with Gasteiger partial charge in [-0.25, -0.2) is 9.78 Å². The summed E-state index contributed by atoms with van der Waals surface area (Å²) in [4.78, 5) is 29.1. The quantitative estimate of drug-likeness (QED) is 0.840. The Bertz CT molecular complexity index is 885. The molecule has 2 heterocycles. The van der Waals surface area contributed by atoms with Gasteiger partial charge in [0.05, 0.1) is 11.6 Å². The van der Waals surface area contributed by atoms with E-state index in [0.717, 1.165) is 12.1 Å². The van der Waals surface area contributed by atoms with Crippen molar-refractivity contribution in [2.45, 2.75) is 25.1 Å². The van der Waals surface area contributed by atoms with E-state index >= 15 is 0 Å². The first-order valence-corrected chi connectivity index (χ1v) is 8.56. The summed E-state index contributed by atoms with van der Waals surface area (Å²) in [6.45, 7) is 0.415. The van der Waals surface area contributed by atoms with Gasteiger partial charge >= 0.3 is 12.1 Å². The van der Waals surface area contributed by atoms with Gasteiger partial charge in [-0.2, -0.15) is 13.2 Å². The lowest BCUT2D eigenvalue weighted by Gasteiger charge is -2.25. The van der Waals surface area contributed by atoms with Crippen LogP contribution < -0.4 is 4.74 Å². The van der Waals surface area contributed by atoms with Crippen LogP contribution in [-0.4, -0.2) is 46.1 Å². The van der Waals surface area contributed by atoms with Crippen molar-refractivity contribution < 1.29 is 32.6 Å². The molecule has 3 rings (SSSR count). The topological polar surface area (TPSA) is 79.7 Å². The maximum atomic E-state index is 12.9. The van der Waals surface area contributed by atoms with Crippen LogP contribution in [-0.2, 0) is 6.18 Å². The molecule has 0 radical (unpaired) electrons.